The van der Waals surface area contributed by atoms with Gasteiger partial charge in [-0.25, -0.2) is 14.8 Å². The number of nitrogens with one attached hydrogen (secondary N) is 1. The van der Waals surface area contributed by atoms with E-state index < -0.39 is 12.1 Å². The Hall–Kier alpha value is -3.58. The Balaban J connectivity index is 1.57. The number of fused-ring (bicyclic) bond motifs is 4. The van der Waals surface area contributed by atoms with Crippen LogP contribution in [0.3, 0.4) is 0 Å². The van der Waals surface area contributed by atoms with E-state index in [4.69, 9.17) is 16.6 Å². The van der Waals surface area contributed by atoms with Crippen LogP contribution in [0.5, 0.6) is 0 Å². The highest BCUT2D eigenvalue weighted by Gasteiger charge is 2.42. The minimum absolute atomic E-state index is 0.114. The number of anilines is 3. The number of aromatic nitrogens is 2. The van der Waals surface area contributed by atoms with Gasteiger partial charge in [0.25, 0.3) is 0 Å². The fourth-order valence-electron chi connectivity index (χ4n) is 3.60. The Morgan fingerprint density at radius 3 is 2.86 bits per heavy atom. The van der Waals surface area contributed by atoms with Gasteiger partial charge in [-0.3, -0.25) is 10.2 Å². The van der Waals surface area contributed by atoms with Gasteiger partial charge in [0, 0.05) is 23.0 Å². The first-order chi connectivity index (χ1) is 14.1. The number of halogens is 1. The van der Waals surface area contributed by atoms with Crippen LogP contribution in [0.1, 0.15) is 0 Å². The number of aliphatic hydroxyl groups excluding tert-OH is 1. The molecule has 0 aliphatic carbocycles. The number of aliphatic hydroxyl groups is 1. The minimum atomic E-state index is -0.520. The molecule has 0 saturated carbocycles. The topological polar surface area (TPSA) is 81.6 Å². The molecule has 2 aromatic heterocycles. The van der Waals surface area contributed by atoms with Crippen LogP contribution in [0.25, 0.3) is 11.3 Å². The molecule has 1 aromatic carbocycles. The van der Waals surface area contributed by atoms with Gasteiger partial charge < -0.3 is 10.0 Å². The molecule has 2 aliphatic heterocycles. The van der Waals surface area contributed by atoms with Gasteiger partial charge >= 0.3 is 6.03 Å². The average Bonchev–Trinajstić information content (AvgIpc) is 3.05. The predicted octanol–water partition coefficient (Wildman–Crippen LogP) is 4.44. The molecule has 0 fully saturated rings. The van der Waals surface area contributed by atoms with Gasteiger partial charge in [-0.2, -0.15) is 0 Å². The first kappa shape index (κ1) is 17.5. The maximum atomic E-state index is 13.1. The summed E-state index contributed by atoms with van der Waals surface area (Å²) in [6.45, 7) is 0.465. The standard InChI is InChI=1S/C21H16ClN5O2/c22-14-5-3-4-13(10-14)15-7-8-16-20(24-15)27(17-11-26(16)12-18(17)28)21(29)25-19-6-1-2-9-23-19/h1-10,12,17,28H,11H2,(H,23,25,29)/t17-/m1/s1. The molecule has 4 heterocycles. The van der Waals surface area contributed by atoms with Crippen LogP contribution in [0.4, 0.5) is 22.1 Å². The van der Waals surface area contributed by atoms with Crippen LogP contribution in [-0.4, -0.2) is 33.7 Å². The fourth-order valence-corrected chi connectivity index (χ4v) is 3.79. The smallest absolute Gasteiger partial charge is 0.329 e. The number of carbonyl (C=O) groups excluding carboxylic acids is 1. The fraction of sp³-hybridized carbons (Fsp3) is 0.0952. The lowest BCUT2D eigenvalue weighted by molar-refractivity contribution is 0.253. The molecule has 3 aromatic rings. The molecular weight excluding hydrogens is 390 g/mol. The summed E-state index contributed by atoms with van der Waals surface area (Å²) in [4.78, 5) is 25.4. The summed E-state index contributed by atoms with van der Waals surface area (Å²) in [7, 11) is 0. The lowest BCUT2D eigenvalue weighted by Gasteiger charge is -2.35. The van der Waals surface area contributed by atoms with E-state index in [9.17, 15) is 9.90 Å². The molecular formula is C21H16ClN5O2. The van der Waals surface area contributed by atoms with Crippen molar-refractivity contribution in [1.82, 2.24) is 9.97 Å². The number of nitrogens with zero attached hydrogens (tertiary/aromatic N) is 4. The summed E-state index contributed by atoms with van der Waals surface area (Å²) in [5, 5.41) is 13.8. The molecule has 2 aliphatic rings. The van der Waals surface area contributed by atoms with E-state index in [1.807, 2.05) is 35.2 Å². The van der Waals surface area contributed by atoms with E-state index in [1.54, 1.807) is 36.7 Å². The maximum absolute atomic E-state index is 13.1. The molecule has 144 valence electrons. The van der Waals surface area contributed by atoms with Crippen LogP contribution in [0, 0.1) is 0 Å². The zero-order valence-corrected chi connectivity index (χ0v) is 15.9. The van der Waals surface area contributed by atoms with Crippen LogP contribution in [0.15, 0.2) is 72.8 Å². The van der Waals surface area contributed by atoms with Crippen molar-refractivity contribution in [1.29, 1.82) is 0 Å². The molecule has 0 unspecified atom stereocenters. The first-order valence-electron chi connectivity index (χ1n) is 9.06. The van der Waals surface area contributed by atoms with Crippen molar-refractivity contribution in [3.63, 3.8) is 0 Å². The summed E-state index contributed by atoms with van der Waals surface area (Å²) >= 11 is 6.12. The van der Waals surface area contributed by atoms with Crippen molar-refractivity contribution in [3.8, 4) is 11.3 Å². The number of pyridine rings is 2. The van der Waals surface area contributed by atoms with E-state index in [-0.39, 0.29) is 5.76 Å². The molecule has 2 N–H and O–H groups in total. The lowest BCUT2D eigenvalue weighted by atomic mass is 10.1. The highest BCUT2D eigenvalue weighted by Crippen LogP contribution is 2.41. The molecule has 0 saturated heterocycles. The second kappa shape index (κ2) is 6.79. The second-order valence-electron chi connectivity index (χ2n) is 6.79. The molecule has 2 amide bonds. The zero-order valence-electron chi connectivity index (χ0n) is 15.2. The summed E-state index contributed by atoms with van der Waals surface area (Å²) in [5.41, 5.74) is 2.27. The van der Waals surface area contributed by atoms with Crippen molar-refractivity contribution >= 4 is 35.0 Å². The summed E-state index contributed by atoms with van der Waals surface area (Å²) in [6.07, 6.45) is 3.24. The van der Waals surface area contributed by atoms with Gasteiger partial charge in [0.2, 0.25) is 0 Å². The molecule has 29 heavy (non-hydrogen) atoms. The number of amides is 2. The average molecular weight is 406 g/mol. The molecule has 0 radical (unpaired) electrons. The van der Waals surface area contributed by atoms with Crippen molar-refractivity contribution in [3.05, 3.63) is 77.8 Å². The van der Waals surface area contributed by atoms with Crippen molar-refractivity contribution in [2.45, 2.75) is 6.04 Å². The molecule has 8 heteroatoms. The number of rotatable bonds is 2. The molecule has 5 rings (SSSR count). The van der Waals surface area contributed by atoms with Crippen LogP contribution < -0.4 is 15.1 Å². The number of urea groups is 1. The molecule has 7 nitrogen and oxygen atoms in total. The Labute approximate surface area is 171 Å². The Morgan fingerprint density at radius 2 is 2.07 bits per heavy atom. The molecule has 1 atom stereocenters. The third-order valence-corrected chi connectivity index (χ3v) is 5.18. The van der Waals surface area contributed by atoms with Gasteiger partial charge in [0.1, 0.15) is 17.6 Å². The number of hydrogen-bond donors (Lipinski definition) is 2. The summed E-state index contributed by atoms with van der Waals surface area (Å²) in [5.74, 6) is 1.00. The first-order valence-corrected chi connectivity index (χ1v) is 9.43. The van der Waals surface area contributed by atoms with Crippen LogP contribution >= 0.6 is 11.6 Å². The quantitative estimate of drug-likeness (QED) is 0.658. The predicted molar refractivity (Wildman–Crippen MR) is 112 cm³/mol. The van der Waals surface area contributed by atoms with Gasteiger partial charge in [0.05, 0.1) is 17.9 Å². The van der Waals surface area contributed by atoms with E-state index >= 15 is 0 Å². The van der Waals surface area contributed by atoms with Gasteiger partial charge in [-0.05, 0) is 36.4 Å². The normalized spacial score (nSPS) is 17.0. The van der Waals surface area contributed by atoms with E-state index in [0.717, 1.165) is 11.3 Å². The van der Waals surface area contributed by atoms with E-state index in [0.29, 0.717) is 28.9 Å². The highest BCUT2D eigenvalue weighted by atomic mass is 35.5. The van der Waals surface area contributed by atoms with E-state index in [2.05, 4.69) is 10.3 Å². The second-order valence-corrected chi connectivity index (χ2v) is 7.22. The monoisotopic (exact) mass is 405 g/mol. The van der Waals surface area contributed by atoms with Gasteiger partial charge in [0.15, 0.2) is 5.82 Å². The number of hydrogen-bond acceptors (Lipinski definition) is 5. The SMILES string of the molecule is O=C(Nc1ccccn1)N1c2nc(-c3cccc(Cl)c3)ccc2N2C=C(O)[C@H]1C2. The molecule has 0 spiro atoms. The number of benzene rings is 1. The highest BCUT2D eigenvalue weighted by molar-refractivity contribution is 6.30. The van der Waals surface area contributed by atoms with Crippen molar-refractivity contribution < 1.29 is 9.90 Å². The Bertz CT molecular complexity index is 1130. The Morgan fingerprint density at radius 1 is 1.17 bits per heavy atom. The molecule has 2 bridgehead atoms. The largest absolute Gasteiger partial charge is 0.508 e. The maximum Gasteiger partial charge on any atom is 0.329 e. The van der Waals surface area contributed by atoms with E-state index in [1.165, 1.54) is 4.90 Å². The Kier molecular flexibility index (Phi) is 4.10. The summed E-state index contributed by atoms with van der Waals surface area (Å²) < 4.78 is 0. The van der Waals surface area contributed by atoms with Crippen LogP contribution in [0.2, 0.25) is 5.02 Å². The van der Waals surface area contributed by atoms with Gasteiger partial charge in [-0.15, -0.1) is 0 Å². The summed E-state index contributed by atoms with van der Waals surface area (Å²) in [6, 6.07) is 15.5. The van der Waals surface area contributed by atoms with Crippen molar-refractivity contribution in [2.24, 2.45) is 0 Å². The van der Waals surface area contributed by atoms with Crippen LogP contribution in [-0.2, 0) is 0 Å². The minimum Gasteiger partial charge on any atom is -0.508 e. The number of carbonyl (C=O) groups is 1. The third kappa shape index (κ3) is 3.05. The van der Waals surface area contributed by atoms with Gasteiger partial charge in [-0.1, -0.05) is 29.8 Å². The lowest BCUT2D eigenvalue weighted by Crippen LogP contribution is -2.50. The third-order valence-electron chi connectivity index (χ3n) is 4.94. The zero-order chi connectivity index (χ0) is 20.0. The van der Waals surface area contributed by atoms with Crippen molar-refractivity contribution in [2.75, 3.05) is 21.7 Å².